The van der Waals surface area contributed by atoms with E-state index in [4.69, 9.17) is 10.5 Å². The Morgan fingerprint density at radius 2 is 2.10 bits per heavy atom. The molecule has 20 heavy (non-hydrogen) atoms. The quantitative estimate of drug-likeness (QED) is 0.845. The fraction of sp³-hybridized carbons (Fsp3) is 0.818. The lowest BCUT2D eigenvalue weighted by atomic mass is 9.99. The zero-order valence-electron chi connectivity index (χ0n) is 10.9. The van der Waals surface area contributed by atoms with Gasteiger partial charge in [0.05, 0.1) is 18.7 Å². The molecule has 1 saturated heterocycles. The molecule has 6 nitrogen and oxygen atoms in total. The summed E-state index contributed by atoms with van der Waals surface area (Å²) in [5, 5.41) is 6.91. The highest BCUT2D eigenvalue weighted by Gasteiger charge is 2.40. The van der Waals surface area contributed by atoms with Gasteiger partial charge in [0.25, 0.3) is 0 Å². The van der Waals surface area contributed by atoms with Crippen molar-refractivity contribution in [2.75, 3.05) is 26.3 Å². The average Bonchev–Trinajstić information content (AvgIpc) is 2.94. The van der Waals surface area contributed by atoms with Crippen LogP contribution in [0, 0.1) is 0 Å². The van der Waals surface area contributed by atoms with Crippen molar-refractivity contribution in [3.8, 4) is 0 Å². The molecule has 2 N–H and O–H groups in total. The van der Waals surface area contributed by atoms with Gasteiger partial charge in [-0.05, 0) is 6.42 Å². The average molecular weight is 291 g/mol. The number of aromatic nitrogens is 3. The van der Waals surface area contributed by atoms with E-state index in [9.17, 15) is 13.2 Å². The molecule has 1 fully saturated rings. The molecule has 1 atom stereocenters. The molecule has 0 saturated carbocycles. The molecule has 1 aromatic rings. The summed E-state index contributed by atoms with van der Waals surface area (Å²) in [6.07, 6.45) is -3.69. The monoisotopic (exact) mass is 291 g/mol. The van der Waals surface area contributed by atoms with Crippen molar-refractivity contribution in [2.45, 2.75) is 31.2 Å². The SMILES string of the molecule is NC1(CN2CCn3c(nnc3C(F)(F)F)C2)CCOC1. The molecule has 9 heteroatoms. The number of alkyl halides is 3. The van der Waals surface area contributed by atoms with Crippen molar-refractivity contribution in [3.63, 3.8) is 0 Å². The zero-order chi connectivity index (χ0) is 14.4. The lowest BCUT2D eigenvalue weighted by molar-refractivity contribution is -0.148. The highest BCUT2D eigenvalue weighted by molar-refractivity contribution is 5.03. The number of hydrogen-bond donors (Lipinski definition) is 1. The van der Waals surface area contributed by atoms with E-state index in [1.165, 1.54) is 0 Å². The van der Waals surface area contributed by atoms with Crippen LogP contribution in [0.1, 0.15) is 18.1 Å². The molecule has 1 unspecified atom stereocenters. The Morgan fingerprint density at radius 3 is 2.75 bits per heavy atom. The van der Waals surface area contributed by atoms with Crippen LogP contribution >= 0.6 is 0 Å². The van der Waals surface area contributed by atoms with E-state index in [0.29, 0.717) is 38.7 Å². The topological polar surface area (TPSA) is 69.2 Å². The molecule has 0 aliphatic carbocycles. The van der Waals surface area contributed by atoms with Gasteiger partial charge >= 0.3 is 6.18 Å². The van der Waals surface area contributed by atoms with Crippen LogP contribution in [0.15, 0.2) is 0 Å². The van der Waals surface area contributed by atoms with Crippen molar-refractivity contribution < 1.29 is 17.9 Å². The fourth-order valence-corrected chi connectivity index (χ4v) is 2.75. The minimum atomic E-state index is -4.46. The second-order valence-corrected chi connectivity index (χ2v) is 5.46. The van der Waals surface area contributed by atoms with Gasteiger partial charge in [0.2, 0.25) is 5.82 Å². The van der Waals surface area contributed by atoms with Crippen molar-refractivity contribution in [2.24, 2.45) is 5.73 Å². The maximum Gasteiger partial charge on any atom is 0.451 e. The molecule has 3 heterocycles. The van der Waals surface area contributed by atoms with Crippen molar-refractivity contribution >= 4 is 0 Å². The van der Waals surface area contributed by atoms with Gasteiger partial charge in [-0.1, -0.05) is 0 Å². The number of hydrogen-bond acceptors (Lipinski definition) is 5. The standard InChI is InChI=1S/C11H16F3N5O/c12-11(13,14)9-17-16-8-5-18(2-3-19(8)9)6-10(15)1-4-20-7-10/h1-7,15H2. The van der Waals surface area contributed by atoms with Crippen LogP contribution in [-0.2, 0) is 24.0 Å². The number of nitrogens with zero attached hydrogens (tertiary/aromatic N) is 4. The summed E-state index contributed by atoms with van der Waals surface area (Å²) < 4.78 is 44.6. The molecule has 2 aliphatic rings. The summed E-state index contributed by atoms with van der Waals surface area (Å²) in [5.74, 6) is -0.579. The molecule has 0 bridgehead atoms. The Kier molecular flexibility index (Phi) is 3.22. The highest BCUT2D eigenvalue weighted by atomic mass is 19.4. The molecule has 0 amide bonds. The van der Waals surface area contributed by atoms with Crippen LogP contribution in [0.5, 0.6) is 0 Å². The molecule has 3 rings (SSSR count). The molecular formula is C11H16F3N5O. The second-order valence-electron chi connectivity index (χ2n) is 5.46. The van der Waals surface area contributed by atoms with Gasteiger partial charge in [0.15, 0.2) is 0 Å². The Morgan fingerprint density at radius 1 is 1.30 bits per heavy atom. The molecule has 2 aliphatic heterocycles. The maximum absolute atomic E-state index is 12.7. The number of nitrogens with two attached hydrogens (primary N) is 1. The molecular weight excluding hydrogens is 275 g/mol. The van der Waals surface area contributed by atoms with Crippen LogP contribution in [-0.4, -0.2) is 51.5 Å². The van der Waals surface area contributed by atoms with E-state index >= 15 is 0 Å². The third kappa shape index (κ3) is 2.52. The normalized spacial score (nSPS) is 27.8. The number of fused-ring (bicyclic) bond motifs is 1. The summed E-state index contributed by atoms with van der Waals surface area (Å²) in [7, 11) is 0. The predicted octanol–water partition coefficient (Wildman–Crippen LogP) is 0.230. The van der Waals surface area contributed by atoms with Gasteiger partial charge in [-0.15, -0.1) is 10.2 Å². The van der Waals surface area contributed by atoms with Gasteiger partial charge in [0, 0.05) is 26.2 Å². The van der Waals surface area contributed by atoms with Gasteiger partial charge in [-0.2, -0.15) is 13.2 Å². The lowest BCUT2D eigenvalue weighted by Crippen LogP contribution is -2.52. The minimum absolute atomic E-state index is 0.230. The van der Waals surface area contributed by atoms with Gasteiger partial charge in [0.1, 0.15) is 5.82 Å². The van der Waals surface area contributed by atoms with Crippen LogP contribution in [0.2, 0.25) is 0 Å². The van der Waals surface area contributed by atoms with Gasteiger partial charge in [-0.25, -0.2) is 0 Å². The molecule has 1 aromatic heterocycles. The van der Waals surface area contributed by atoms with Crippen molar-refractivity contribution in [3.05, 3.63) is 11.6 Å². The molecule has 112 valence electrons. The molecule has 0 radical (unpaired) electrons. The summed E-state index contributed by atoms with van der Waals surface area (Å²) in [4.78, 5) is 2.01. The Labute approximate surface area is 113 Å². The zero-order valence-corrected chi connectivity index (χ0v) is 10.9. The third-order valence-corrected chi connectivity index (χ3v) is 3.76. The number of rotatable bonds is 2. The second kappa shape index (κ2) is 4.68. The van der Waals surface area contributed by atoms with E-state index in [1.54, 1.807) is 0 Å². The summed E-state index contributed by atoms with van der Waals surface area (Å²) >= 11 is 0. The van der Waals surface area contributed by atoms with E-state index in [-0.39, 0.29) is 6.54 Å². The van der Waals surface area contributed by atoms with Gasteiger partial charge < -0.3 is 15.0 Å². The van der Waals surface area contributed by atoms with Crippen LogP contribution in [0.4, 0.5) is 13.2 Å². The first-order valence-electron chi connectivity index (χ1n) is 6.46. The van der Waals surface area contributed by atoms with Crippen molar-refractivity contribution in [1.29, 1.82) is 0 Å². The summed E-state index contributed by atoms with van der Waals surface area (Å²) in [6, 6.07) is 0. The minimum Gasteiger partial charge on any atom is -0.379 e. The maximum atomic E-state index is 12.7. The van der Waals surface area contributed by atoms with Crippen LogP contribution < -0.4 is 5.73 Å². The Hall–Kier alpha value is -1.19. The van der Waals surface area contributed by atoms with E-state index in [1.807, 2.05) is 4.90 Å². The molecule has 0 aromatic carbocycles. The Bertz CT molecular complexity index is 495. The first-order valence-corrected chi connectivity index (χ1v) is 6.46. The predicted molar refractivity (Wildman–Crippen MR) is 62.7 cm³/mol. The molecule has 0 spiro atoms. The number of halogens is 3. The highest BCUT2D eigenvalue weighted by Crippen LogP contribution is 2.29. The third-order valence-electron chi connectivity index (χ3n) is 3.76. The van der Waals surface area contributed by atoms with E-state index < -0.39 is 17.5 Å². The summed E-state index contributed by atoms with van der Waals surface area (Å²) in [5.41, 5.74) is 5.79. The lowest BCUT2D eigenvalue weighted by Gasteiger charge is -2.33. The van der Waals surface area contributed by atoms with Crippen LogP contribution in [0.3, 0.4) is 0 Å². The Balaban J connectivity index is 1.72. The first-order chi connectivity index (χ1) is 9.37. The number of ether oxygens (including phenoxy) is 1. The first kappa shape index (κ1) is 13.8. The van der Waals surface area contributed by atoms with Crippen LogP contribution in [0.25, 0.3) is 0 Å². The largest absolute Gasteiger partial charge is 0.451 e. The fourth-order valence-electron chi connectivity index (χ4n) is 2.75. The van der Waals surface area contributed by atoms with E-state index in [2.05, 4.69) is 10.2 Å². The smallest absolute Gasteiger partial charge is 0.379 e. The van der Waals surface area contributed by atoms with Crippen molar-refractivity contribution in [1.82, 2.24) is 19.7 Å². The van der Waals surface area contributed by atoms with Gasteiger partial charge in [-0.3, -0.25) is 4.90 Å². The summed E-state index contributed by atoms with van der Waals surface area (Å²) in [6.45, 7) is 2.80. The van der Waals surface area contributed by atoms with E-state index in [0.717, 1.165) is 11.0 Å².